The van der Waals surface area contributed by atoms with E-state index in [0.717, 1.165) is 16.6 Å². The summed E-state index contributed by atoms with van der Waals surface area (Å²) in [5.74, 6) is 1.73. The van der Waals surface area contributed by atoms with Crippen molar-refractivity contribution in [3.8, 4) is 5.75 Å². The van der Waals surface area contributed by atoms with E-state index in [1.54, 1.807) is 19.4 Å². The molecule has 4 rings (SSSR count). The average molecular weight is 428 g/mol. The van der Waals surface area contributed by atoms with E-state index in [9.17, 15) is 5.11 Å². The molecule has 3 heterocycles. The van der Waals surface area contributed by atoms with Crippen LogP contribution in [0.2, 0.25) is 0 Å². The molecule has 0 fully saturated rings. The SMILES string of the molecule is CCOCc1nc2c(N)nc3cc(OCc4cscn4)ccc3c2n1CC(C)(C)O. The Balaban J connectivity index is 1.81. The number of anilines is 1. The Labute approximate surface area is 178 Å². The second-order valence-corrected chi connectivity index (χ2v) is 8.42. The maximum atomic E-state index is 10.5. The highest BCUT2D eigenvalue weighted by Crippen LogP contribution is 2.32. The molecule has 0 saturated carbocycles. The summed E-state index contributed by atoms with van der Waals surface area (Å²) in [4.78, 5) is 13.5. The van der Waals surface area contributed by atoms with Gasteiger partial charge in [0.15, 0.2) is 5.82 Å². The number of pyridine rings is 1. The van der Waals surface area contributed by atoms with Crippen molar-refractivity contribution in [2.45, 2.75) is 46.1 Å². The van der Waals surface area contributed by atoms with Gasteiger partial charge in [0.25, 0.3) is 0 Å². The highest BCUT2D eigenvalue weighted by Gasteiger charge is 2.22. The summed E-state index contributed by atoms with van der Waals surface area (Å²) in [7, 11) is 0. The zero-order chi connectivity index (χ0) is 21.3. The molecule has 0 atom stereocenters. The first-order chi connectivity index (χ1) is 14.4. The Bertz CT molecular complexity index is 1170. The van der Waals surface area contributed by atoms with Gasteiger partial charge in [0.1, 0.15) is 30.3 Å². The molecule has 0 aliphatic heterocycles. The summed E-state index contributed by atoms with van der Waals surface area (Å²) in [6.45, 7) is 7.10. The van der Waals surface area contributed by atoms with Crippen LogP contribution in [-0.4, -0.2) is 36.8 Å². The van der Waals surface area contributed by atoms with E-state index in [1.165, 1.54) is 11.3 Å². The van der Waals surface area contributed by atoms with Gasteiger partial charge in [-0.25, -0.2) is 15.0 Å². The lowest BCUT2D eigenvalue weighted by Crippen LogP contribution is -2.27. The van der Waals surface area contributed by atoms with Crippen LogP contribution in [-0.2, 0) is 24.5 Å². The molecule has 0 bridgehead atoms. The van der Waals surface area contributed by atoms with Crippen LogP contribution in [0.4, 0.5) is 5.82 Å². The van der Waals surface area contributed by atoms with Gasteiger partial charge >= 0.3 is 0 Å². The van der Waals surface area contributed by atoms with Crippen LogP contribution in [0.5, 0.6) is 5.75 Å². The topological polar surface area (TPSA) is 108 Å². The number of nitrogens with two attached hydrogens (primary N) is 1. The highest BCUT2D eigenvalue weighted by molar-refractivity contribution is 7.07. The van der Waals surface area contributed by atoms with Crippen LogP contribution in [0.3, 0.4) is 0 Å². The lowest BCUT2D eigenvalue weighted by atomic mass is 10.1. The standard InChI is InChI=1S/C21H25N5O3S/c1-4-28-9-17-25-18-19(26(17)11-21(2,3)27)15-6-5-14(7-16(15)24-20(18)22)29-8-13-10-30-12-23-13/h5-7,10,12,27H,4,8-9,11H2,1-3H3,(H2,22,24). The van der Waals surface area contributed by atoms with Gasteiger partial charge in [-0.1, -0.05) is 0 Å². The minimum absolute atomic E-state index is 0.330. The van der Waals surface area contributed by atoms with Gasteiger partial charge < -0.3 is 24.9 Å². The van der Waals surface area contributed by atoms with Crippen molar-refractivity contribution in [1.82, 2.24) is 19.5 Å². The molecule has 158 valence electrons. The lowest BCUT2D eigenvalue weighted by molar-refractivity contribution is 0.0582. The monoisotopic (exact) mass is 427 g/mol. The Morgan fingerprint density at radius 2 is 2.07 bits per heavy atom. The van der Waals surface area contributed by atoms with E-state index in [-0.39, 0.29) is 0 Å². The van der Waals surface area contributed by atoms with Crippen LogP contribution in [0.15, 0.2) is 29.1 Å². The molecule has 0 spiro atoms. The molecule has 0 aliphatic carbocycles. The predicted molar refractivity (Wildman–Crippen MR) is 118 cm³/mol. The maximum absolute atomic E-state index is 10.5. The molecular weight excluding hydrogens is 402 g/mol. The van der Waals surface area contributed by atoms with E-state index < -0.39 is 5.60 Å². The number of ether oxygens (including phenoxy) is 2. The summed E-state index contributed by atoms with van der Waals surface area (Å²) < 4.78 is 13.4. The van der Waals surface area contributed by atoms with Crippen LogP contribution in [0.25, 0.3) is 21.9 Å². The average Bonchev–Trinajstić information content (AvgIpc) is 3.32. The van der Waals surface area contributed by atoms with Gasteiger partial charge in [-0.3, -0.25) is 0 Å². The molecule has 30 heavy (non-hydrogen) atoms. The van der Waals surface area contributed by atoms with Crippen molar-refractivity contribution < 1.29 is 14.6 Å². The van der Waals surface area contributed by atoms with E-state index in [4.69, 9.17) is 15.2 Å². The largest absolute Gasteiger partial charge is 0.487 e. The molecule has 4 aromatic rings. The van der Waals surface area contributed by atoms with Crippen LogP contribution >= 0.6 is 11.3 Å². The van der Waals surface area contributed by atoms with E-state index >= 15 is 0 Å². The minimum Gasteiger partial charge on any atom is -0.487 e. The quantitative estimate of drug-likeness (QED) is 0.443. The number of benzene rings is 1. The highest BCUT2D eigenvalue weighted by atomic mass is 32.1. The summed E-state index contributed by atoms with van der Waals surface area (Å²) >= 11 is 1.53. The first-order valence-electron chi connectivity index (χ1n) is 9.74. The third-order valence-electron chi connectivity index (χ3n) is 4.61. The van der Waals surface area contributed by atoms with E-state index in [0.29, 0.717) is 54.8 Å². The van der Waals surface area contributed by atoms with E-state index in [2.05, 4.69) is 15.0 Å². The number of nitrogens with zero attached hydrogens (tertiary/aromatic N) is 4. The van der Waals surface area contributed by atoms with Crippen LogP contribution < -0.4 is 10.5 Å². The summed E-state index contributed by atoms with van der Waals surface area (Å²) in [5.41, 5.74) is 10.1. The number of hydrogen-bond donors (Lipinski definition) is 2. The minimum atomic E-state index is -0.935. The van der Waals surface area contributed by atoms with Gasteiger partial charge in [0.05, 0.1) is 34.4 Å². The van der Waals surface area contributed by atoms with Crippen molar-refractivity contribution >= 4 is 39.1 Å². The molecule has 0 amide bonds. The molecular formula is C21H25N5O3S. The summed E-state index contributed by atoms with van der Waals surface area (Å²) in [6.07, 6.45) is 0. The number of imidazole rings is 1. The summed E-state index contributed by atoms with van der Waals surface area (Å²) in [5, 5.41) is 13.3. The molecule has 0 aliphatic rings. The number of fused-ring (bicyclic) bond motifs is 3. The second kappa shape index (κ2) is 8.17. The molecule has 8 nitrogen and oxygen atoms in total. The molecule has 0 unspecified atom stereocenters. The fourth-order valence-corrected chi connectivity index (χ4v) is 3.90. The maximum Gasteiger partial charge on any atom is 0.152 e. The van der Waals surface area contributed by atoms with Crippen LogP contribution in [0.1, 0.15) is 32.3 Å². The van der Waals surface area contributed by atoms with Gasteiger partial charge in [-0.05, 0) is 32.9 Å². The molecule has 9 heteroatoms. The van der Waals surface area contributed by atoms with Gasteiger partial charge in [0.2, 0.25) is 0 Å². The number of hydrogen-bond acceptors (Lipinski definition) is 8. The molecule has 3 N–H and O–H groups in total. The molecule has 0 saturated heterocycles. The van der Waals surface area contributed by atoms with Gasteiger partial charge in [0, 0.05) is 23.4 Å². The van der Waals surface area contributed by atoms with Gasteiger partial charge in [-0.15, -0.1) is 11.3 Å². The van der Waals surface area contributed by atoms with Crippen molar-refractivity contribution in [3.63, 3.8) is 0 Å². The lowest BCUT2D eigenvalue weighted by Gasteiger charge is -2.20. The third-order valence-corrected chi connectivity index (χ3v) is 5.24. The first-order valence-corrected chi connectivity index (χ1v) is 10.7. The number of rotatable bonds is 8. The van der Waals surface area contributed by atoms with Crippen molar-refractivity contribution in [1.29, 1.82) is 0 Å². The Morgan fingerprint density at radius 1 is 1.23 bits per heavy atom. The van der Waals surface area contributed by atoms with Gasteiger partial charge in [-0.2, -0.15) is 0 Å². The number of aliphatic hydroxyl groups is 1. The van der Waals surface area contributed by atoms with Crippen molar-refractivity contribution in [3.05, 3.63) is 40.6 Å². The summed E-state index contributed by atoms with van der Waals surface area (Å²) in [6, 6.07) is 5.71. The molecule has 3 aromatic heterocycles. The number of thiazole rings is 1. The zero-order valence-corrected chi connectivity index (χ0v) is 18.1. The van der Waals surface area contributed by atoms with Crippen molar-refractivity contribution in [2.75, 3.05) is 12.3 Å². The number of aromatic nitrogens is 4. The second-order valence-electron chi connectivity index (χ2n) is 7.71. The molecule has 1 aromatic carbocycles. The first kappa shape index (κ1) is 20.5. The zero-order valence-electron chi connectivity index (χ0n) is 17.3. The van der Waals surface area contributed by atoms with Crippen LogP contribution in [0, 0.1) is 0 Å². The Hall–Kier alpha value is -2.75. The Kier molecular flexibility index (Phi) is 5.59. The predicted octanol–water partition coefficient (Wildman–Crippen LogP) is 3.51. The fraction of sp³-hybridized carbons (Fsp3) is 0.381. The normalized spacial score (nSPS) is 12.1. The Morgan fingerprint density at radius 3 is 2.77 bits per heavy atom. The fourth-order valence-electron chi connectivity index (χ4n) is 3.35. The number of nitrogen functional groups attached to an aromatic ring is 1. The van der Waals surface area contributed by atoms with Crippen molar-refractivity contribution in [2.24, 2.45) is 0 Å². The third kappa shape index (κ3) is 4.23. The van der Waals surface area contributed by atoms with E-state index in [1.807, 2.05) is 35.1 Å². The molecule has 0 radical (unpaired) electrons. The smallest absolute Gasteiger partial charge is 0.152 e.